The van der Waals surface area contributed by atoms with Gasteiger partial charge in [0.1, 0.15) is 5.75 Å². The molecule has 6 heteroatoms. The number of amides is 2. The van der Waals surface area contributed by atoms with Crippen molar-refractivity contribution in [3.8, 4) is 5.75 Å². The molecule has 0 bridgehead atoms. The van der Waals surface area contributed by atoms with E-state index >= 15 is 0 Å². The van der Waals surface area contributed by atoms with E-state index in [1.165, 1.54) is 0 Å². The van der Waals surface area contributed by atoms with Crippen LogP contribution in [-0.2, 0) is 4.79 Å². The van der Waals surface area contributed by atoms with Crippen LogP contribution in [0.4, 0.5) is 11.4 Å². The molecule has 0 saturated carbocycles. The largest absolute Gasteiger partial charge is 0.491 e. The number of rotatable bonds is 5. The zero-order chi connectivity index (χ0) is 18.5. The summed E-state index contributed by atoms with van der Waals surface area (Å²) in [6.07, 6.45) is 0.0864. The van der Waals surface area contributed by atoms with E-state index in [0.29, 0.717) is 24.3 Å². The lowest BCUT2D eigenvalue weighted by Gasteiger charge is -2.30. The van der Waals surface area contributed by atoms with Crippen molar-refractivity contribution in [2.75, 3.05) is 29.9 Å². The van der Waals surface area contributed by atoms with E-state index in [0.717, 1.165) is 11.4 Å². The molecule has 136 valence electrons. The molecule has 26 heavy (non-hydrogen) atoms. The lowest BCUT2D eigenvalue weighted by molar-refractivity contribution is -0.120. The van der Waals surface area contributed by atoms with Crippen molar-refractivity contribution in [3.05, 3.63) is 54.1 Å². The van der Waals surface area contributed by atoms with Crippen LogP contribution in [0.2, 0.25) is 0 Å². The van der Waals surface area contributed by atoms with E-state index in [1.807, 2.05) is 43.0 Å². The summed E-state index contributed by atoms with van der Waals surface area (Å²) in [5, 5.41) is 5.75. The summed E-state index contributed by atoms with van der Waals surface area (Å²) in [5.41, 5.74) is 2.08. The molecule has 3 rings (SSSR count). The maximum atomic E-state index is 12.6. The second-order valence-corrected chi connectivity index (χ2v) is 6.43. The van der Waals surface area contributed by atoms with Crippen LogP contribution in [0.5, 0.6) is 5.75 Å². The summed E-state index contributed by atoms with van der Waals surface area (Å²) in [7, 11) is 0. The average molecular weight is 353 g/mol. The van der Waals surface area contributed by atoms with Crippen LogP contribution < -0.4 is 20.3 Å². The monoisotopic (exact) mass is 353 g/mol. The van der Waals surface area contributed by atoms with Crippen LogP contribution in [0.3, 0.4) is 0 Å². The van der Waals surface area contributed by atoms with Gasteiger partial charge in [-0.05, 0) is 50.2 Å². The molecule has 0 spiro atoms. The molecule has 1 aliphatic rings. The SMILES string of the molecule is CC(C)Oc1ccc(C(=O)Nc2ccccc2N2CCNC(=O)C2)cc1. The van der Waals surface area contributed by atoms with Gasteiger partial charge in [-0.1, -0.05) is 12.1 Å². The van der Waals surface area contributed by atoms with Gasteiger partial charge in [-0.25, -0.2) is 0 Å². The first kappa shape index (κ1) is 17.8. The van der Waals surface area contributed by atoms with E-state index in [4.69, 9.17) is 4.74 Å². The van der Waals surface area contributed by atoms with Gasteiger partial charge in [0.2, 0.25) is 5.91 Å². The molecule has 0 radical (unpaired) electrons. The van der Waals surface area contributed by atoms with E-state index < -0.39 is 0 Å². The number of piperazine rings is 1. The van der Waals surface area contributed by atoms with Crippen molar-refractivity contribution in [2.45, 2.75) is 20.0 Å². The summed E-state index contributed by atoms with van der Waals surface area (Å²) in [6, 6.07) is 14.6. The molecule has 0 aromatic heterocycles. The highest BCUT2D eigenvalue weighted by Gasteiger charge is 2.19. The lowest BCUT2D eigenvalue weighted by Crippen LogP contribution is -2.47. The highest BCUT2D eigenvalue weighted by molar-refractivity contribution is 6.06. The van der Waals surface area contributed by atoms with Gasteiger partial charge in [-0.2, -0.15) is 0 Å². The molecule has 2 aromatic rings. The van der Waals surface area contributed by atoms with E-state index in [1.54, 1.807) is 24.3 Å². The second-order valence-electron chi connectivity index (χ2n) is 6.43. The normalized spacial score (nSPS) is 14.1. The number of nitrogens with zero attached hydrogens (tertiary/aromatic N) is 1. The standard InChI is InChI=1S/C20H23N3O3/c1-14(2)26-16-9-7-15(8-10-16)20(25)22-17-5-3-4-6-18(17)23-12-11-21-19(24)13-23/h3-10,14H,11-13H2,1-2H3,(H,21,24)(H,22,25). The summed E-state index contributed by atoms with van der Waals surface area (Å²) in [5.74, 6) is 0.518. The fraction of sp³-hybridized carbons (Fsp3) is 0.300. The van der Waals surface area contributed by atoms with Crippen LogP contribution in [0, 0.1) is 0 Å². The summed E-state index contributed by atoms with van der Waals surface area (Å²) >= 11 is 0. The summed E-state index contributed by atoms with van der Waals surface area (Å²) < 4.78 is 5.60. The highest BCUT2D eigenvalue weighted by atomic mass is 16.5. The van der Waals surface area contributed by atoms with Crippen molar-refractivity contribution >= 4 is 23.2 Å². The number of para-hydroxylation sites is 2. The molecule has 1 saturated heterocycles. The van der Waals surface area contributed by atoms with Gasteiger partial charge in [0.25, 0.3) is 5.91 Å². The van der Waals surface area contributed by atoms with Gasteiger partial charge >= 0.3 is 0 Å². The third-order valence-corrected chi connectivity index (χ3v) is 4.02. The van der Waals surface area contributed by atoms with Gasteiger partial charge < -0.3 is 20.3 Å². The molecule has 1 fully saturated rings. The fourth-order valence-electron chi connectivity index (χ4n) is 2.85. The van der Waals surface area contributed by atoms with Crippen molar-refractivity contribution < 1.29 is 14.3 Å². The van der Waals surface area contributed by atoms with Gasteiger partial charge in [0.05, 0.1) is 24.0 Å². The van der Waals surface area contributed by atoms with Crippen LogP contribution in [0.1, 0.15) is 24.2 Å². The topological polar surface area (TPSA) is 70.7 Å². The number of hydrogen-bond acceptors (Lipinski definition) is 4. The Morgan fingerprint density at radius 3 is 2.58 bits per heavy atom. The van der Waals surface area contributed by atoms with Gasteiger partial charge in [-0.3, -0.25) is 9.59 Å². The maximum absolute atomic E-state index is 12.6. The molecule has 2 aromatic carbocycles. The van der Waals surface area contributed by atoms with Gasteiger partial charge in [0.15, 0.2) is 0 Å². The summed E-state index contributed by atoms with van der Waals surface area (Å²) in [4.78, 5) is 26.2. The Hall–Kier alpha value is -3.02. The molecule has 0 aliphatic carbocycles. The number of carbonyl (C=O) groups is 2. The third kappa shape index (κ3) is 4.33. The van der Waals surface area contributed by atoms with E-state index in [9.17, 15) is 9.59 Å². The molecule has 6 nitrogen and oxygen atoms in total. The van der Waals surface area contributed by atoms with Crippen molar-refractivity contribution in [3.63, 3.8) is 0 Å². The Bertz CT molecular complexity index is 787. The molecular weight excluding hydrogens is 330 g/mol. The third-order valence-electron chi connectivity index (χ3n) is 4.02. The van der Waals surface area contributed by atoms with Crippen LogP contribution in [0.15, 0.2) is 48.5 Å². The molecular formula is C20H23N3O3. The Labute approximate surface area is 153 Å². The Kier molecular flexibility index (Phi) is 5.41. The Balaban J connectivity index is 1.74. The van der Waals surface area contributed by atoms with Crippen molar-refractivity contribution in [1.29, 1.82) is 0 Å². The van der Waals surface area contributed by atoms with Crippen molar-refractivity contribution in [2.24, 2.45) is 0 Å². The Morgan fingerprint density at radius 1 is 1.15 bits per heavy atom. The highest BCUT2D eigenvalue weighted by Crippen LogP contribution is 2.26. The van der Waals surface area contributed by atoms with Crippen LogP contribution in [0.25, 0.3) is 0 Å². The van der Waals surface area contributed by atoms with E-state index in [-0.39, 0.29) is 24.5 Å². The molecule has 2 amide bonds. The van der Waals surface area contributed by atoms with Crippen LogP contribution >= 0.6 is 0 Å². The van der Waals surface area contributed by atoms with Gasteiger partial charge in [-0.15, -0.1) is 0 Å². The number of anilines is 2. The second kappa shape index (κ2) is 7.91. The number of carbonyl (C=O) groups excluding carboxylic acids is 2. The first-order chi connectivity index (χ1) is 12.5. The zero-order valence-corrected chi connectivity index (χ0v) is 15.0. The zero-order valence-electron chi connectivity index (χ0n) is 15.0. The number of benzene rings is 2. The minimum absolute atomic E-state index is 0.0156. The lowest BCUT2D eigenvalue weighted by atomic mass is 10.1. The summed E-state index contributed by atoms with van der Waals surface area (Å²) in [6.45, 7) is 5.50. The van der Waals surface area contributed by atoms with Crippen molar-refractivity contribution in [1.82, 2.24) is 5.32 Å². The first-order valence-electron chi connectivity index (χ1n) is 8.71. The predicted octanol–water partition coefficient (Wildman–Crippen LogP) is 2.66. The molecule has 0 unspecified atom stereocenters. The molecule has 2 N–H and O–H groups in total. The van der Waals surface area contributed by atoms with Crippen LogP contribution in [-0.4, -0.2) is 37.6 Å². The fourth-order valence-corrected chi connectivity index (χ4v) is 2.85. The predicted molar refractivity (Wildman–Crippen MR) is 102 cm³/mol. The van der Waals surface area contributed by atoms with Gasteiger partial charge in [0, 0.05) is 18.7 Å². The minimum Gasteiger partial charge on any atom is -0.491 e. The number of ether oxygens (including phenoxy) is 1. The first-order valence-corrected chi connectivity index (χ1v) is 8.71. The van der Waals surface area contributed by atoms with E-state index in [2.05, 4.69) is 10.6 Å². The minimum atomic E-state index is -0.199. The molecule has 1 heterocycles. The molecule has 0 atom stereocenters. The Morgan fingerprint density at radius 2 is 1.88 bits per heavy atom. The average Bonchev–Trinajstić information content (AvgIpc) is 2.62. The molecule has 1 aliphatic heterocycles. The quantitative estimate of drug-likeness (QED) is 0.867. The number of hydrogen-bond donors (Lipinski definition) is 2. The number of nitrogens with one attached hydrogen (secondary N) is 2. The maximum Gasteiger partial charge on any atom is 0.255 e. The smallest absolute Gasteiger partial charge is 0.255 e.